The fraction of sp³-hybridized carbons (Fsp3) is 0.143. The lowest BCUT2D eigenvalue weighted by Crippen LogP contribution is -2.43. The average Bonchev–Trinajstić information content (AvgIpc) is 2.97. The van der Waals surface area contributed by atoms with Gasteiger partial charge in [0.1, 0.15) is 0 Å². The second-order valence-electron chi connectivity index (χ2n) is 7.36. The van der Waals surface area contributed by atoms with E-state index in [9.17, 15) is 19.2 Å². The van der Waals surface area contributed by atoms with Crippen molar-refractivity contribution in [1.29, 1.82) is 0 Å². The number of hydrogen-bond donors (Lipinski definition) is 4. The fourth-order valence-corrected chi connectivity index (χ4v) is 2.74. The highest BCUT2D eigenvalue weighted by atomic mass is 16.2. The average molecular weight is 537 g/mol. The van der Waals surface area contributed by atoms with Crippen molar-refractivity contribution >= 4 is 35.0 Å². The molecule has 2 rings (SSSR count). The monoisotopic (exact) mass is 536 g/mol. The first-order chi connectivity index (χ1) is 18.3. The van der Waals surface area contributed by atoms with Crippen LogP contribution in [0.1, 0.15) is 0 Å². The van der Waals surface area contributed by atoms with Gasteiger partial charge in [0, 0.05) is 11.4 Å². The number of carbonyl (C=O) groups excluding carboxylic acids is 4. The zero-order chi connectivity index (χ0) is 28.2. The first-order valence-corrected chi connectivity index (χ1v) is 11.6. The normalized spacial score (nSPS) is 9.03. The lowest BCUT2D eigenvalue weighted by atomic mass is 10.3. The highest BCUT2D eigenvalue weighted by Crippen LogP contribution is 2.12. The van der Waals surface area contributed by atoms with Crippen molar-refractivity contribution < 1.29 is 24.7 Å². The molecular formula is C28H36N6O5. The number of para-hydroxylation sites is 2. The molecule has 39 heavy (non-hydrogen) atoms. The van der Waals surface area contributed by atoms with Crippen LogP contribution in [-0.4, -0.2) is 55.8 Å². The molecule has 0 radical (unpaired) electrons. The smallest absolute Gasteiger partial charge is 0.244 e. The van der Waals surface area contributed by atoms with Gasteiger partial charge in [0.05, 0.1) is 26.7 Å². The highest BCUT2D eigenvalue weighted by Gasteiger charge is 2.08. The molecule has 0 spiro atoms. The Morgan fingerprint density at radius 3 is 0.949 bits per heavy atom. The summed E-state index contributed by atoms with van der Waals surface area (Å²) < 4.78 is 0. The van der Waals surface area contributed by atoms with Gasteiger partial charge in [0.25, 0.3) is 0 Å². The van der Waals surface area contributed by atoms with Gasteiger partial charge in [0.15, 0.2) is 0 Å². The van der Waals surface area contributed by atoms with Crippen molar-refractivity contribution in [3.8, 4) is 0 Å². The van der Waals surface area contributed by atoms with E-state index in [1.54, 1.807) is 0 Å². The Morgan fingerprint density at radius 1 is 0.513 bits per heavy atom. The van der Waals surface area contributed by atoms with Crippen LogP contribution in [0.4, 0.5) is 11.4 Å². The number of benzene rings is 2. The Bertz CT molecular complexity index is 957. The second kappa shape index (κ2) is 20.0. The molecule has 0 saturated carbocycles. The van der Waals surface area contributed by atoms with E-state index in [0.29, 0.717) is 0 Å². The van der Waals surface area contributed by atoms with Gasteiger partial charge in [0.2, 0.25) is 23.6 Å². The molecule has 0 aromatic heterocycles. The number of rotatable bonds is 14. The van der Waals surface area contributed by atoms with Gasteiger partial charge in [-0.1, -0.05) is 62.7 Å². The number of nitrogens with one attached hydrogen (secondary N) is 4. The minimum atomic E-state index is -0.268. The van der Waals surface area contributed by atoms with E-state index >= 15 is 0 Å². The maximum atomic E-state index is 11.2. The van der Waals surface area contributed by atoms with Gasteiger partial charge < -0.3 is 36.5 Å². The maximum absolute atomic E-state index is 11.2. The third kappa shape index (κ3) is 14.2. The molecule has 0 unspecified atom stereocenters. The number of anilines is 2. The summed E-state index contributed by atoms with van der Waals surface area (Å²) in [6, 6.07) is 18.9. The third-order valence-corrected chi connectivity index (χ3v) is 4.76. The summed E-state index contributed by atoms with van der Waals surface area (Å²) >= 11 is 0. The Hall–Kier alpha value is -5.16. The van der Waals surface area contributed by atoms with Crippen molar-refractivity contribution in [3.63, 3.8) is 0 Å². The second-order valence-corrected chi connectivity index (χ2v) is 7.36. The zero-order valence-corrected chi connectivity index (χ0v) is 21.8. The molecule has 6 N–H and O–H groups in total. The summed E-state index contributed by atoms with van der Waals surface area (Å²) in [6.45, 7) is 14.6. The molecule has 0 heterocycles. The molecular weight excluding hydrogens is 500 g/mol. The first-order valence-electron chi connectivity index (χ1n) is 11.6. The minimum absolute atomic E-state index is 0. The van der Waals surface area contributed by atoms with Crippen LogP contribution in [0.2, 0.25) is 0 Å². The van der Waals surface area contributed by atoms with Gasteiger partial charge in [-0.25, -0.2) is 0 Å². The summed E-state index contributed by atoms with van der Waals surface area (Å²) in [7, 11) is 0. The molecule has 0 bridgehead atoms. The van der Waals surface area contributed by atoms with Crippen LogP contribution in [0.3, 0.4) is 0 Å². The van der Waals surface area contributed by atoms with E-state index in [1.165, 1.54) is 24.3 Å². The zero-order valence-electron chi connectivity index (χ0n) is 21.8. The van der Waals surface area contributed by atoms with Crippen LogP contribution < -0.4 is 31.1 Å². The number of amides is 4. The fourth-order valence-electron chi connectivity index (χ4n) is 2.74. The van der Waals surface area contributed by atoms with E-state index in [2.05, 4.69) is 47.6 Å². The van der Waals surface area contributed by atoms with Crippen molar-refractivity contribution in [2.45, 2.75) is 0 Å². The van der Waals surface area contributed by atoms with Crippen LogP contribution >= 0.6 is 0 Å². The van der Waals surface area contributed by atoms with E-state index in [0.717, 1.165) is 11.4 Å². The molecule has 11 nitrogen and oxygen atoms in total. The molecule has 11 heteroatoms. The van der Waals surface area contributed by atoms with Gasteiger partial charge >= 0.3 is 0 Å². The van der Waals surface area contributed by atoms with Gasteiger partial charge in [-0.2, -0.15) is 0 Å². The summed E-state index contributed by atoms with van der Waals surface area (Å²) in [6.07, 6.45) is 4.80. The SMILES string of the molecule is C=CC(=O)NCN(CNC(=O)C=C)c1ccccc1.C=CC(=O)NCN(CNC(=O)C=C)c1ccccc1.O. The first kappa shape index (κ1) is 33.8. The molecule has 2 aromatic carbocycles. The summed E-state index contributed by atoms with van der Waals surface area (Å²) in [5, 5.41) is 10.7. The Kier molecular flexibility index (Phi) is 17.3. The van der Waals surface area contributed by atoms with Crippen LogP contribution in [0.5, 0.6) is 0 Å². The largest absolute Gasteiger partial charge is 0.412 e. The Balaban J connectivity index is 0.000000722. The standard InChI is InChI=1S/2C14H17N3O2.H2O/c2*1-3-13(18)15-10-17(11-16-14(19)4-2)12-8-6-5-7-9-12;/h2*3-9H,1-2,10-11H2,(H,15,18)(H,16,19);1H2. The van der Waals surface area contributed by atoms with Crippen molar-refractivity contribution in [1.82, 2.24) is 21.3 Å². The quantitative estimate of drug-likeness (QED) is 0.210. The van der Waals surface area contributed by atoms with Crippen molar-refractivity contribution in [3.05, 3.63) is 111 Å². The predicted molar refractivity (Wildman–Crippen MR) is 154 cm³/mol. The molecule has 0 atom stereocenters. The number of nitrogens with zero attached hydrogens (tertiary/aromatic N) is 2. The summed E-state index contributed by atoms with van der Waals surface area (Å²) in [5.41, 5.74) is 1.77. The maximum Gasteiger partial charge on any atom is 0.244 e. The molecule has 2 aromatic rings. The number of carbonyl (C=O) groups is 4. The molecule has 0 aliphatic heterocycles. The molecule has 0 aliphatic rings. The van der Waals surface area contributed by atoms with E-state index < -0.39 is 0 Å². The molecule has 208 valence electrons. The minimum Gasteiger partial charge on any atom is -0.412 e. The molecule has 0 fully saturated rings. The van der Waals surface area contributed by atoms with Crippen LogP contribution in [-0.2, 0) is 19.2 Å². The summed E-state index contributed by atoms with van der Waals surface area (Å²) in [5.74, 6) is -1.07. The number of hydrogen-bond acceptors (Lipinski definition) is 6. The Morgan fingerprint density at radius 2 is 0.744 bits per heavy atom. The molecule has 0 saturated heterocycles. The third-order valence-electron chi connectivity index (χ3n) is 4.76. The van der Waals surface area contributed by atoms with E-state index in [4.69, 9.17) is 0 Å². The van der Waals surface area contributed by atoms with Gasteiger partial charge in [-0.3, -0.25) is 19.2 Å². The lowest BCUT2D eigenvalue weighted by molar-refractivity contribution is -0.117. The lowest BCUT2D eigenvalue weighted by Gasteiger charge is -2.24. The Labute approximate surface area is 228 Å². The molecule has 0 aliphatic carbocycles. The van der Waals surface area contributed by atoms with Gasteiger partial charge in [-0.15, -0.1) is 0 Å². The summed E-state index contributed by atoms with van der Waals surface area (Å²) in [4.78, 5) is 48.3. The van der Waals surface area contributed by atoms with Crippen molar-refractivity contribution in [2.75, 3.05) is 36.5 Å². The highest BCUT2D eigenvalue weighted by molar-refractivity contribution is 5.88. The topological polar surface area (TPSA) is 154 Å². The van der Waals surface area contributed by atoms with Crippen molar-refractivity contribution in [2.24, 2.45) is 0 Å². The van der Waals surface area contributed by atoms with E-state index in [1.807, 2.05) is 70.5 Å². The van der Waals surface area contributed by atoms with Crippen LogP contribution in [0, 0.1) is 0 Å². The van der Waals surface area contributed by atoms with Crippen LogP contribution in [0.15, 0.2) is 111 Å². The van der Waals surface area contributed by atoms with Gasteiger partial charge in [-0.05, 0) is 48.6 Å². The predicted octanol–water partition coefficient (Wildman–Crippen LogP) is 1.20. The van der Waals surface area contributed by atoms with Crippen LogP contribution in [0.25, 0.3) is 0 Å². The van der Waals surface area contributed by atoms with E-state index in [-0.39, 0.29) is 55.8 Å². The molecule has 4 amide bonds.